The zero-order valence-corrected chi connectivity index (χ0v) is 14.6. The molecule has 2 rings (SSSR count). The van der Waals surface area contributed by atoms with Crippen LogP contribution in [0, 0.1) is 0 Å². The number of hydrogen-bond donors (Lipinski definition) is 1. The normalized spacial score (nSPS) is 10.8. The van der Waals surface area contributed by atoms with Gasteiger partial charge in [0.25, 0.3) is 0 Å². The maximum atomic E-state index is 12.1. The third-order valence-electron chi connectivity index (χ3n) is 3.58. The second kappa shape index (κ2) is 8.92. The molecule has 0 aliphatic carbocycles. The van der Waals surface area contributed by atoms with Gasteiger partial charge in [-0.3, -0.25) is 9.69 Å². The molecule has 0 unspecified atom stereocenters. The molecule has 0 aliphatic rings. The molecule has 0 fully saturated rings. The van der Waals surface area contributed by atoms with Gasteiger partial charge < -0.3 is 5.32 Å². The van der Waals surface area contributed by atoms with E-state index in [2.05, 4.69) is 29.3 Å². The lowest BCUT2D eigenvalue weighted by Gasteiger charge is -2.20. The number of anilines is 1. The predicted octanol–water partition coefficient (Wildman–Crippen LogP) is 4.84. The summed E-state index contributed by atoms with van der Waals surface area (Å²) in [5.41, 5.74) is 1.72. The van der Waals surface area contributed by atoms with Crippen LogP contribution < -0.4 is 5.32 Å². The molecule has 0 aromatic heterocycles. The maximum absolute atomic E-state index is 12.1. The van der Waals surface area contributed by atoms with Crippen LogP contribution in [0.1, 0.15) is 18.9 Å². The van der Waals surface area contributed by atoms with Gasteiger partial charge in [0.1, 0.15) is 0 Å². The summed E-state index contributed by atoms with van der Waals surface area (Å²) in [6.45, 7) is 4.48. The van der Waals surface area contributed by atoms with Gasteiger partial charge in [-0.05, 0) is 24.2 Å². The molecular formula is C18H20Cl2N2O. The van der Waals surface area contributed by atoms with Crippen LogP contribution in [-0.4, -0.2) is 23.9 Å². The van der Waals surface area contributed by atoms with E-state index in [0.717, 1.165) is 13.1 Å². The Morgan fingerprint density at radius 1 is 1.04 bits per heavy atom. The number of nitrogens with one attached hydrogen (secondary N) is 1. The number of rotatable bonds is 7. The van der Waals surface area contributed by atoms with E-state index in [0.29, 0.717) is 28.7 Å². The molecule has 1 amide bonds. The highest BCUT2D eigenvalue weighted by molar-refractivity contribution is 6.39. The van der Waals surface area contributed by atoms with Crippen molar-refractivity contribution in [3.8, 4) is 0 Å². The quantitative estimate of drug-likeness (QED) is 0.774. The molecule has 0 bridgehead atoms. The minimum Gasteiger partial charge on any atom is -0.324 e. The Morgan fingerprint density at radius 3 is 2.30 bits per heavy atom. The molecule has 0 aliphatic heterocycles. The Morgan fingerprint density at radius 2 is 1.70 bits per heavy atom. The van der Waals surface area contributed by atoms with E-state index < -0.39 is 0 Å². The molecule has 1 N–H and O–H groups in total. The number of carbonyl (C=O) groups is 1. The molecule has 5 heteroatoms. The summed E-state index contributed by atoms with van der Waals surface area (Å²) in [6.07, 6.45) is 0.391. The first-order valence-electron chi connectivity index (χ1n) is 7.60. The Balaban J connectivity index is 1.87. The first-order valence-corrected chi connectivity index (χ1v) is 8.36. The van der Waals surface area contributed by atoms with Crippen molar-refractivity contribution in [2.45, 2.75) is 19.9 Å². The van der Waals surface area contributed by atoms with E-state index >= 15 is 0 Å². The molecule has 3 nitrogen and oxygen atoms in total. The maximum Gasteiger partial charge on any atom is 0.225 e. The van der Waals surface area contributed by atoms with Crippen molar-refractivity contribution in [3.63, 3.8) is 0 Å². The van der Waals surface area contributed by atoms with Crippen LogP contribution in [0.2, 0.25) is 10.0 Å². The summed E-state index contributed by atoms with van der Waals surface area (Å²) in [4.78, 5) is 14.4. The van der Waals surface area contributed by atoms with Crippen LogP contribution in [0.25, 0.3) is 0 Å². The number of halogens is 2. The van der Waals surface area contributed by atoms with E-state index in [1.807, 2.05) is 18.2 Å². The third kappa shape index (κ3) is 5.54. The van der Waals surface area contributed by atoms with Gasteiger partial charge in [0.15, 0.2) is 0 Å². The molecule has 2 aromatic rings. The van der Waals surface area contributed by atoms with E-state index in [1.54, 1.807) is 18.2 Å². The fraction of sp³-hybridized carbons (Fsp3) is 0.278. The highest BCUT2D eigenvalue weighted by atomic mass is 35.5. The zero-order valence-electron chi connectivity index (χ0n) is 13.1. The Kier molecular flexibility index (Phi) is 6.90. The van der Waals surface area contributed by atoms with Crippen LogP contribution in [0.15, 0.2) is 48.5 Å². The lowest BCUT2D eigenvalue weighted by atomic mass is 10.2. The topological polar surface area (TPSA) is 32.3 Å². The van der Waals surface area contributed by atoms with Crippen LogP contribution in [0.5, 0.6) is 0 Å². The SMILES string of the molecule is CCN(CCC(=O)Nc1c(Cl)cccc1Cl)Cc1ccccc1. The van der Waals surface area contributed by atoms with Crippen LogP contribution in [0.4, 0.5) is 5.69 Å². The fourth-order valence-electron chi connectivity index (χ4n) is 2.27. The molecule has 122 valence electrons. The van der Waals surface area contributed by atoms with Crippen molar-refractivity contribution in [3.05, 3.63) is 64.1 Å². The summed E-state index contributed by atoms with van der Waals surface area (Å²) in [5.74, 6) is -0.0912. The minimum absolute atomic E-state index is 0.0912. The average Bonchev–Trinajstić information content (AvgIpc) is 2.56. The first-order chi connectivity index (χ1) is 11.1. The van der Waals surface area contributed by atoms with E-state index in [9.17, 15) is 4.79 Å². The second-order valence-corrected chi connectivity index (χ2v) is 6.06. The largest absolute Gasteiger partial charge is 0.324 e. The van der Waals surface area contributed by atoms with E-state index in [4.69, 9.17) is 23.2 Å². The van der Waals surface area contributed by atoms with Crippen LogP contribution in [0.3, 0.4) is 0 Å². The summed E-state index contributed by atoms with van der Waals surface area (Å²) in [5, 5.41) is 3.69. The van der Waals surface area contributed by atoms with Gasteiger partial charge in [-0.25, -0.2) is 0 Å². The summed E-state index contributed by atoms with van der Waals surface area (Å²) in [7, 11) is 0. The summed E-state index contributed by atoms with van der Waals surface area (Å²) < 4.78 is 0. The van der Waals surface area contributed by atoms with E-state index in [-0.39, 0.29) is 5.91 Å². The molecule has 0 saturated heterocycles. The van der Waals surface area contributed by atoms with Crippen molar-refractivity contribution in [1.82, 2.24) is 4.90 Å². The predicted molar refractivity (Wildman–Crippen MR) is 97.1 cm³/mol. The van der Waals surface area contributed by atoms with E-state index in [1.165, 1.54) is 5.56 Å². The van der Waals surface area contributed by atoms with Gasteiger partial charge in [-0.1, -0.05) is 66.5 Å². The Hall–Kier alpha value is -1.55. The number of hydrogen-bond acceptors (Lipinski definition) is 2. The lowest BCUT2D eigenvalue weighted by Crippen LogP contribution is -2.27. The number of carbonyl (C=O) groups excluding carboxylic acids is 1. The molecule has 0 atom stereocenters. The molecule has 0 radical (unpaired) electrons. The number of para-hydroxylation sites is 1. The average molecular weight is 351 g/mol. The third-order valence-corrected chi connectivity index (χ3v) is 4.21. The lowest BCUT2D eigenvalue weighted by molar-refractivity contribution is -0.116. The van der Waals surface area contributed by atoms with Crippen LogP contribution in [-0.2, 0) is 11.3 Å². The van der Waals surface area contributed by atoms with Crippen LogP contribution >= 0.6 is 23.2 Å². The standard InChI is InChI=1S/C18H20Cl2N2O/c1-2-22(13-14-7-4-3-5-8-14)12-11-17(23)21-18-15(19)9-6-10-16(18)20/h3-10H,2,11-13H2,1H3,(H,21,23). The van der Waals surface area contributed by atoms with Gasteiger partial charge >= 0.3 is 0 Å². The smallest absolute Gasteiger partial charge is 0.225 e. The zero-order chi connectivity index (χ0) is 16.7. The Bertz CT molecular complexity index is 626. The second-order valence-electron chi connectivity index (χ2n) is 5.25. The summed E-state index contributed by atoms with van der Waals surface area (Å²) in [6, 6.07) is 15.4. The molecule has 23 heavy (non-hydrogen) atoms. The molecular weight excluding hydrogens is 331 g/mol. The highest BCUT2D eigenvalue weighted by Crippen LogP contribution is 2.29. The molecule has 0 saturated carbocycles. The molecule has 0 spiro atoms. The first kappa shape index (κ1) is 17.8. The van der Waals surface area contributed by atoms with Crippen molar-refractivity contribution >= 4 is 34.8 Å². The van der Waals surface area contributed by atoms with Crippen molar-refractivity contribution in [2.75, 3.05) is 18.4 Å². The van der Waals surface area contributed by atoms with Crippen molar-refractivity contribution < 1.29 is 4.79 Å². The van der Waals surface area contributed by atoms with Crippen molar-refractivity contribution in [2.24, 2.45) is 0 Å². The minimum atomic E-state index is -0.0912. The molecule has 0 heterocycles. The Labute approximate surface area is 147 Å². The van der Waals surface area contributed by atoms with Gasteiger partial charge in [0, 0.05) is 19.5 Å². The molecule has 2 aromatic carbocycles. The fourth-order valence-corrected chi connectivity index (χ4v) is 2.76. The van der Waals surface area contributed by atoms with Gasteiger partial charge in [0.05, 0.1) is 15.7 Å². The van der Waals surface area contributed by atoms with Gasteiger partial charge in [-0.15, -0.1) is 0 Å². The highest BCUT2D eigenvalue weighted by Gasteiger charge is 2.11. The van der Waals surface area contributed by atoms with Gasteiger partial charge in [-0.2, -0.15) is 0 Å². The monoisotopic (exact) mass is 350 g/mol. The van der Waals surface area contributed by atoms with Crippen molar-refractivity contribution in [1.29, 1.82) is 0 Å². The summed E-state index contributed by atoms with van der Waals surface area (Å²) >= 11 is 12.1. The number of nitrogens with zero attached hydrogens (tertiary/aromatic N) is 1. The number of amides is 1. The number of benzene rings is 2. The van der Waals surface area contributed by atoms with Gasteiger partial charge in [0.2, 0.25) is 5.91 Å².